The maximum Gasteiger partial charge on any atom is 0.265 e. The summed E-state index contributed by atoms with van der Waals surface area (Å²) in [6.45, 7) is 3.46. The van der Waals surface area contributed by atoms with E-state index in [1.807, 2.05) is 0 Å². The molecule has 4 nitrogen and oxygen atoms in total. The summed E-state index contributed by atoms with van der Waals surface area (Å²) < 4.78 is 39.7. The van der Waals surface area contributed by atoms with Crippen molar-refractivity contribution in [2.24, 2.45) is 0 Å². The molecule has 0 bridgehead atoms. The monoisotopic (exact) mass is 329 g/mol. The van der Waals surface area contributed by atoms with Gasteiger partial charge in [0.05, 0.1) is 12.3 Å². The SMILES string of the molecule is CCN(c1ccc(F)cc1)S(=O)(=O)c1cc(CO)sc1C. The maximum atomic E-state index is 13.0. The minimum Gasteiger partial charge on any atom is -0.391 e. The predicted molar refractivity (Wildman–Crippen MR) is 81.6 cm³/mol. The maximum absolute atomic E-state index is 13.0. The molecule has 0 spiro atoms. The van der Waals surface area contributed by atoms with Crippen molar-refractivity contribution in [3.8, 4) is 0 Å². The number of hydrogen-bond donors (Lipinski definition) is 1. The fourth-order valence-electron chi connectivity index (χ4n) is 2.08. The van der Waals surface area contributed by atoms with Crippen molar-refractivity contribution >= 4 is 27.0 Å². The van der Waals surface area contributed by atoms with Gasteiger partial charge in [0.2, 0.25) is 0 Å². The van der Waals surface area contributed by atoms with Crippen LogP contribution in [0.1, 0.15) is 16.7 Å². The quantitative estimate of drug-likeness (QED) is 0.917. The number of anilines is 1. The molecule has 114 valence electrons. The first-order valence-corrected chi connectivity index (χ1v) is 8.64. The number of halogens is 1. The lowest BCUT2D eigenvalue weighted by Gasteiger charge is -2.22. The zero-order chi connectivity index (χ0) is 15.6. The molecule has 1 N–H and O–H groups in total. The summed E-state index contributed by atoms with van der Waals surface area (Å²) in [7, 11) is -3.73. The normalized spacial score (nSPS) is 11.6. The van der Waals surface area contributed by atoms with E-state index in [-0.39, 0.29) is 18.0 Å². The van der Waals surface area contributed by atoms with Crippen LogP contribution in [0.15, 0.2) is 35.2 Å². The fraction of sp³-hybridized carbons (Fsp3) is 0.286. The Balaban J connectivity index is 2.49. The number of thiophene rings is 1. The van der Waals surface area contributed by atoms with Crippen LogP contribution in [0.4, 0.5) is 10.1 Å². The second-order valence-corrected chi connectivity index (χ2v) is 7.61. The molecule has 7 heteroatoms. The number of benzene rings is 1. The van der Waals surface area contributed by atoms with Gasteiger partial charge in [-0.3, -0.25) is 4.31 Å². The molecular weight excluding hydrogens is 313 g/mol. The molecule has 0 radical (unpaired) electrons. The van der Waals surface area contributed by atoms with Crippen molar-refractivity contribution in [1.82, 2.24) is 0 Å². The van der Waals surface area contributed by atoms with Crippen molar-refractivity contribution in [3.05, 3.63) is 45.9 Å². The summed E-state index contributed by atoms with van der Waals surface area (Å²) >= 11 is 1.25. The van der Waals surface area contributed by atoms with Gasteiger partial charge in [-0.15, -0.1) is 11.3 Å². The zero-order valence-corrected chi connectivity index (χ0v) is 13.3. The number of sulfonamides is 1. The summed E-state index contributed by atoms with van der Waals surface area (Å²) in [6.07, 6.45) is 0. The zero-order valence-electron chi connectivity index (χ0n) is 11.7. The molecule has 1 aromatic heterocycles. The van der Waals surface area contributed by atoms with Gasteiger partial charge >= 0.3 is 0 Å². The smallest absolute Gasteiger partial charge is 0.265 e. The molecule has 0 aliphatic heterocycles. The van der Waals surface area contributed by atoms with Crippen LogP contribution >= 0.6 is 11.3 Å². The molecule has 21 heavy (non-hydrogen) atoms. The van der Waals surface area contributed by atoms with E-state index in [9.17, 15) is 12.8 Å². The van der Waals surface area contributed by atoms with Crippen molar-refractivity contribution in [2.45, 2.75) is 25.3 Å². The first-order chi connectivity index (χ1) is 9.90. The Morgan fingerprint density at radius 3 is 2.38 bits per heavy atom. The lowest BCUT2D eigenvalue weighted by atomic mass is 10.3. The Morgan fingerprint density at radius 1 is 1.29 bits per heavy atom. The average Bonchev–Trinajstić information content (AvgIpc) is 2.83. The van der Waals surface area contributed by atoms with Crippen LogP contribution < -0.4 is 4.31 Å². The molecule has 0 saturated heterocycles. The lowest BCUT2D eigenvalue weighted by Crippen LogP contribution is -2.30. The van der Waals surface area contributed by atoms with Crippen molar-refractivity contribution in [2.75, 3.05) is 10.8 Å². The number of nitrogens with zero attached hydrogens (tertiary/aromatic N) is 1. The highest BCUT2D eigenvalue weighted by Gasteiger charge is 2.27. The number of hydrogen-bond acceptors (Lipinski definition) is 4. The molecule has 2 aromatic rings. The highest BCUT2D eigenvalue weighted by Crippen LogP contribution is 2.30. The molecule has 0 aliphatic rings. The third kappa shape index (κ3) is 3.09. The molecular formula is C14H16FNO3S2. The van der Waals surface area contributed by atoms with Gasteiger partial charge in [0.1, 0.15) is 10.7 Å². The van der Waals surface area contributed by atoms with Crippen LogP contribution in [0.25, 0.3) is 0 Å². The van der Waals surface area contributed by atoms with Crippen LogP contribution in [0.3, 0.4) is 0 Å². The molecule has 0 amide bonds. The van der Waals surface area contributed by atoms with E-state index in [2.05, 4.69) is 0 Å². The number of aliphatic hydroxyl groups is 1. The van der Waals surface area contributed by atoms with E-state index < -0.39 is 15.8 Å². The predicted octanol–water partition coefficient (Wildman–Crippen LogP) is 2.90. The topological polar surface area (TPSA) is 57.6 Å². The third-order valence-corrected chi connectivity index (χ3v) is 6.24. The van der Waals surface area contributed by atoms with Gasteiger partial charge in [0.25, 0.3) is 10.0 Å². The lowest BCUT2D eigenvalue weighted by molar-refractivity contribution is 0.285. The van der Waals surface area contributed by atoms with Crippen LogP contribution in [-0.4, -0.2) is 20.1 Å². The van der Waals surface area contributed by atoms with Crippen LogP contribution in [0.2, 0.25) is 0 Å². The van der Waals surface area contributed by atoms with E-state index >= 15 is 0 Å². The van der Waals surface area contributed by atoms with E-state index in [0.717, 1.165) is 0 Å². The molecule has 0 unspecified atom stereocenters. The highest BCUT2D eigenvalue weighted by molar-refractivity contribution is 7.93. The van der Waals surface area contributed by atoms with Gasteiger partial charge in [-0.25, -0.2) is 12.8 Å². The summed E-state index contributed by atoms with van der Waals surface area (Å²) in [6, 6.07) is 6.82. The molecule has 0 atom stereocenters. The first kappa shape index (κ1) is 15.9. The van der Waals surface area contributed by atoms with E-state index in [0.29, 0.717) is 15.4 Å². The van der Waals surface area contributed by atoms with Gasteiger partial charge in [0, 0.05) is 16.3 Å². The summed E-state index contributed by atoms with van der Waals surface area (Å²) in [5.41, 5.74) is 0.412. The van der Waals surface area contributed by atoms with Gasteiger partial charge in [-0.05, 0) is 44.2 Å². The first-order valence-electron chi connectivity index (χ1n) is 6.38. The Kier molecular flexibility index (Phi) is 4.65. The van der Waals surface area contributed by atoms with E-state index in [1.54, 1.807) is 13.8 Å². The molecule has 2 rings (SSSR count). The number of rotatable bonds is 5. The van der Waals surface area contributed by atoms with Crippen molar-refractivity contribution < 1.29 is 17.9 Å². The second-order valence-electron chi connectivity index (χ2n) is 4.44. The van der Waals surface area contributed by atoms with Crippen molar-refractivity contribution in [3.63, 3.8) is 0 Å². The van der Waals surface area contributed by atoms with Crippen molar-refractivity contribution in [1.29, 1.82) is 0 Å². The van der Waals surface area contributed by atoms with Gasteiger partial charge in [-0.1, -0.05) is 0 Å². The highest BCUT2D eigenvalue weighted by atomic mass is 32.2. The summed E-state index contributed by atoms with van der Waals surface area (Å²) in [5, 5.41) is 9.14. The minimum absolute atomic E-state index is 0.183. The second kappa shape index (κ2) is 6.13. The molecule has 1 heterocycles. The van der Waals surface area contributed by atoms with Crippen LogP contribution in [0.5, 0.6) is 0 Å². The summed E-state index contributed by atoms with van der Waals surface area (Å²) in [5.74, 6) is -0.415. The molecule has 0 aliphatic carbocycles. The average molecular weight is 329 g/mol. The van der Waals surface area contributed by atoms with Crippen LogP contribution in [0, 0.1) is 12.7 Å². The van der Waals surface area contributed by atoms with Gasteiger partial charge in [-0.2, -0.15) is 0 Å². The van der Waals surface area contributed by atoms with E-state index in [4.69, 9.17) is 5.11 Å². The molecule has 0 fully saturated rings. The van der Waals surface area contributed by atoms with Crippen LogP contribution in [-0.2, 0) is 16.6 Å². The van der Waals surface area contributed by atoms with Gasteiger partial charge in [0.15, 0.2) is 0 Å². The Labute approximate surface area is 127 Å². The summed E-state index contributed by atoms with van der Waals surface area (Å²) in [4.78, 5) is 1.41. The fourth-order valence-corrected chi connectivity index (χ4v) is 5.02. The standard InChI is InChI=1S/C14H16FNO3S2/c1-3-16(12-6-4-11(15)5-7-12)21(18,19)14-8-13(9-17)20-10(14)2/h4-8,17H,3,9H2,1-2H3. The number of aliphatic hydroxyl groups excluding tert-OH is 1. The third-order valence-electron chi connectivity index (χ3n) is 3.05. The number of aryl methyl sites for hydroxylation is 1. The minimum atomic E-state index is -3.73. The molecule has 0 saturated carbocycles. The Bertz CT molecular complexity index is 723. The molecule has 1 aromatic carbocycles. The largest absolute Gasteiger partial charge is 0.391 e. The Hall–Kier alpha value is -1.44. The van der Waals surface area contributed by atoms with Gasteiger partial charge < -0.3 is 5.11 Å². The van der Waals surface area contributed by atoms with E-state index in [1.165, 1.54) is 46.0 Å². The Morgan fingerprint density at radius 2 is 1.90 bits per heavy atom.